The third kappa shape index (κ3) is 2.95. The molecule has 3 rings (SSSR count). The van der Waals surface area contributed by atoms with Crippen LogP contribution in [0.2, 0.25) is 0 Å². The van der Waals surface area contributed by atoms with Gasteiger partial charge < -0.3 is 39.1 Å². The Bertz CT molecular complexity index is 655. The summed E-state index contributed by atoms with van der Waals surface area (Å²) in [4.78, 5) is 0. The summed E-state index contributed by atoms with van der Waals surface area (Å²) < 4.78 is 0. The van der Waals surface area contributed by atoms with Gasteiger partial charge in [0.15, 0.2) is 0 Å². The number of hydrogen-bond donors (Lipinski definition) is 1. The van der Waals surface area contributed by atoms with Crippen molar-refractivity contribution in [2.45, 2.75) is 0 Å². The maximum Gasteiger partial charge on any atom is 2.00 e. The number of phenolic OH excluding ortho intramolecular Hbond substituents is 1. The van der Waals surface area contributed by atoms with Gasteiger partial charge in [-0.05, 0) is 5.39 Å². The van der Waals surface area contributed by atoms with Crippen LogP contribution in [0.25, 0.3) is 21.5 Å². The smallest absolute Gasteiger partial charge is 1.00 e. The van der Waals surface area contributed by atoms with Crippen molar-refractivity contribution in [3.8, 4) is 5.75 Å². The molecule has 3 aromatic rings. The van der Waals surface area contributed by atoms with Gasteiger partial charge in [0, 0.05) is 5.75 Å². The molecule has 18 heavy (non-hydrogen) atoms. The van der Waals surface area contributed by atoms with Gasteiger partial charge in [0.25, 0.3) is 0 Å². The predicted molar refractivity (Wildman–Crippen MR) is 62.0 cm³/mol. The van der Waals surface area contributed by atoms with Crippen LogP contribution in [0, 0.1) is 6.07 Å². The molecule has 0 unspecified atom stereocenters. The van der Waals surface area contributed by atoms with Gasteiger partial charge in [-0.2, -0.15) is 0 Å². The Balaban J connectivity index is 0.000000963. The van der Waals surface area contributed by atoms with Crippen LogP contribution in [0.4, 0.5) is 0 Å². The van der Waals surface area contributed by atoms with Crippen molar-refractivity contribution in [1.82, 2.24) is 0 Å². The fourth-order valence-electron chi connectivity index (χ4n) is 1.96. The van der Waals surface area contributed by atoms with E-state index in [-0.39, 0.29) is 54.4 Å². The Labute approximate surface area is 140 Å². The van der Waals surface area contributed by atoms with Crippen LogP contribution >= 0.6 is 0 Å². The molecule has 0 aliphatic carbocycles. The monoisotopic (exact) mass is 457 g/mol. The van der Waals surface area contributed by atoms with Crippen molar-refractivity contribution in [3.05, 3.63) is 54.6 Å². The molecule has 1 N–H and O–H groups in total. The largest absolute Gasteiger partial charge is 2.00 e. The van der Waals surface area contributed by atoms with Crippen molar-refractivity contribution in [2.75, 3.05) is 0 Å². The maximum absolute atomic E-state index is 9.84. The van der Waals surface area contributed by atoms with Crippen molar-refractivity contribution in [1.29, 1.82) is 0 Å². The van der Waals surface area contributed by atoms with Crippen LogP contribution < -0.4 is 34.0 Å². The summed E-state index contributed by atoms with van der Waals surface area (Å²) in [5, 5.41) is 13.9. The van der Waals surface area contributed by atoms with Crippen LogP contribution in [-0.2, 0) is 20.4 Å². The Kier molecular flexibility index (Phi) is 7.09. The fraction of sp³-hybridized carbons (Fsp3) is 0. The fourth-order valence-corrected chi connectivity index (χ4v) is 1.96. The zero-order chi connectivity index (χ0) is 10.3. The first-order valence-electron chi connectivity index (χ1n) is 4.87. The first kappa shape index (κ1) is 17.6. The van der Waals surface area contributed by atoms with Crippen molar-refractivity contribution >= 4 is 21.5 Å². The minimum absolute atomic E-state index is 0. The van der Waals surface area contributed by atoms with E-state index in [9.17, 15) is 5.11 Å². The molecule has 0 aliphatic heterocycles. The van der Waals surface area contributed by atoms with Gasteiger partial charge in [0.2, 0.25) is 0 Å². The van der Waals surface area contributed by atoms with E-state index >= 15 is 0 Å². The molecule has 0 saturated carbocycles. The van der Waals surface area contributed by atoms with Crippen LogP contribution in [0.1, 0.15) is 0 Å². The summed E-state index contributed by atoms with van der Waals surface area (Å²) in [6.45, 7) is 0. The van der Waals surface area contributed by atoms with E-state index in [4.69, 9.17) is 0 Å². The zero-order valence-electron chi connectivity index (χ0n) is 9.14. The average Bonchev–Trinajstić information content (AvgIpc) is 2.30. The quantitative estimate of drug-likeness (QED) is 0.224. The standard InChI is InChI=1S/C14H9O.2BrH.Pd/c15-14-9-10-5-1-2-6-11(10)12-7-3-4-8-13(12)14;;;/h1-7,9,15H;2*1H;/q-1;;;+2/p-2. The van der Waals surface area contributed by atoms with Crippen LogP contribution in [-0.4, -0.2) is 5.11 Å². The van der Waals surface area contributed by atoms with Crippen molar-refractivity contribution in [3.63, 3.8) is 0 Å². The molecule has 0 aliphatic rings. The van der Waals surface area contributed by atoms with E-state index in [1.807, 2.05) is 36.4 Å². The molecule has 1 nitrogen and oxygen atoms in total. The first-order valence-corrected chi connectivity index (χ1v) is 4.87. The predicted octanol–water partition coefficient (Wildman–Crippen LogP) is -2.50. The molecule has 0 spiro atoms. The van der Waals surface area contributed by atoms with Gasteiger partial charge in [-0.1, -0.05) is 41.1 Å². The van der Waals surface area contributed by atoms with Crippen molar-refractivity contribution < 1.29 is 59.5 Å². The van der Waals surface area contributed by atoms with Crippen LogP contribution in [0.15, 0.2) is 48.5 Å². The minimum atomic E-state index is 0. The molecule has 0 bridgehead atoms. The van der Waals surface area contributed by atoms with Crippen molar-refractivity contribution in [2.24, 2.45) is 0 Å². The number of hydrogen-bond acceptors (Lipinski definition) is 1. The molecule has 0 radical (unpaired) electrons. The number of rotatable bonds is 0. The average molecular weight is 459 g/mol. The number of phenols is 1. The van der Waals surface area contributed by atoms with Crippen LogP contribution in [0.5, 0.6) is 5.75 Å². The van der Waals surface area contributed by atoms with Gasteiger partial charge in [-0.15, -0.1) is 29.7 Å². The second kappa shape index (κ2) is 7.26. The summed E-state index contributed by atoms with van der Waals surface area (Å²) in [5.41, 5.74) is 0. The van der Waals surface area contributed by atoms with E-state index in [0.717, 1.165) is 21.5 Å². The molecule has 0 amide bonds. The van der Waals surface area contributed by atoms with E-state index in [2.05, 4.69) is 12.1 Å². The number of halogens is 2. The first-order chi connectivity index (χ1) is 7.36. The maximum atomic E-state index is 9.84. The second-order valence-corrected chi connectivity index (χ2v) is 3.58. The second-order valence-electron chi connectivity index (χ2n) is 3.58. The van der Waals surface area contributed by atoms with Gasteiger partial charge in [0.1, 0.15) is 0 Å². The molecule has 4 heteroatoms. The number of aromatic hydroxyl groups is 1. The Morgan fingerprint density at radius 1 is 0.889 bits per heavy atom. The van der Waals surface area contributed by atoms with E-state index in [1.54, 1.807) is 6.07 Å². The zero-order valence-corrected chi connectivity index (χ0v) is 13.9. The molecule has 0 heterocycles. The summed E-state index contributed by atoms with van der Waals surface area (Å²) >= 11 is 0. The summed E-state index contributed by atoms with van der Waals surface area (Å²) in [6.07, 6.45) is 0. The molecule has 0 aromatic heterocycles. The van der Waals surface area contributed by atoms with Gasteiger partial charge in [-0.25, -0.2) is 0 Å². The summed E-state index contributed by atoms with van der Waals surface area (Å²) in [6, 6.07) is 18.7. The normalized spacial score (nSPS) is 9.11. The molecular formula is C14H9Br2OPd-. The topological polar surface area (TPSA) is 20.2 Å². The summed E-state index contributed by atoms with van der Waals surface area (Å²) in [5.74, 6) is 0.296. The number of fused-ring (bicyclic) bond motifs is 3. The minimum Gasteiger partial charge on any atom is -1.00 e. The van der Waals surface area contributed by atoms with Gasteiger partial charge in [-0.3, -0.25) is 0 Å². The van der Waals surface area contributed by atoms with Gasteiger partial charge in [0.05, 0.1) is 0 Å². The van der Waals surface area contributed by atoms with E-state index in [0.29, 0.717) is 5.75 Å². The Morgan fingerprint density at radius 3 is 2.33 bits per heavy atom. The molecule has 0 fully saturated rings. The summed E-state index contributed by atoms with van der Waals surface area (Å²) in [7, 11) is 0. The third-order valence-corrected chi connectivity index (χ3v) is 2.66. The third-order valence-electron chi connectivity index (χ3n) is 2.66. The Morgan fingerprint density at radius 2 is 1.56 bits per heavy atom. The molecular weight excluding hydrogens is 450 g/mol. The van der Waals surface area contributed by atoms with Gasteiger partial charge >= 0.3 is 20.4 Å². The van der Waals surface area contributed by atoms with Crippen LogP contribution in [0.3, 0.4) is 0 Å². The Hall–Kier alpha value is -0.398. The SMILES string of the molecule is Oc1cc2ccccc2c2ccc[c-]c12.[Br-].[Br-].[Pd+2]. The molecule has 0 saturated heterocycles. The number of benzene rings is 3. The van der Waals surface area contributed by atoms with E-state index < -0.39 is 0 Å². The molecule has 0 atom stereocenters. The van der Waals surface area contributed by atoms with E-state index in [1.165, 1.54) is 0 Å². The molecule has 3 aromatic carbocycles. The molecule has 96 valence electrons.